The molecule has 1 saturated heterocycles. The Morgan fingerprint density at radius 3 is 2.80 bits per heavy atom. The van der Waals surface area contributed by atoms with Gasteiger partial charge in [0, 0.05) is 30.8 Å². The topological polar surface area (TPSA) is 75.3 Å². The van der Waals surface area contributed by atoms with Gasteiger partial charge in [-0.15, -0.1) is 0 Å². The van der Waals surface area contributed by atoms with Gasteiger partial charge < -0.3 is 9.64 Å². The number of rotatable bonds is 6. The normalized spacial score (nSPS) is 21.5. The average molecular weight is 417 g/mol. The highest BCUT2D eigenvalue weighted by Gasteiger charge is 2.45. The van der Waals surface area contributed by atoms with Crippen LogP contribution in [0.25, 0.3) is 0 Å². The molecule has 2 heterocycles. The zero-order valence-electron chi connectivity index (χ0n) is 16.9. The van der Waals surface area contributed by atoms with Crippen molar-refractivity contribution < 1.29 is 23.1 Å². The fourth-order valence-corrected chi connectivity index (χ4v) is 4.21. The van der Waals surface area contributed by atoms with Gasteiger partial charge in [-0.1, -0.05) is 6.07 Å². The van der Waals surface area contributed by atoms with E-state index < -0.39 is 23.0 Å². The molecule has 0 radical (unpaired) electrons. The first-order valence-electron chi connectivity index (χ1n) is 10.4. The molecule has 160 valence electrons. The van der Waals surface area contributed by atoms with E-state index in [1.807, 2.05) is 0 Å². The highest BCUT2D eigenvalue weighted by atomic mass is 19.1. The second-order valence-electron chi connectivity index (χ2n) is 8.23. The zero-order chi connectivity index (χ0) is 21.3. The SMILES string of the molecule is CCOC(=O)C1(Cc2ccc(F)cc2F)CCCN(C(=O)c2cc(C3CC3)[nH]n2)C1. The Morgan fingerprint density at radius 2 is 2.10 bits per heavy atom. The van der Waals surface area contributed by atoms with Gasteiger partial charge in [0.2, 0.25) is 0 Å². The standard InChI is InChI=1S/C22H25F2N3O3/c1-2-30-21(29)22(12-15-6-7-16(23)10-17(15)24)8-3-9-27(13-22)20(28)19-11-18(25-26-19)14-4-5-14/h6-7,10-11,14H,2-5,8-9,12-13H2,1H3,(H,25,26). The number of amides is 1. The molecule has 0 bridgehead atoms. The maximum Gasteiger partial charge on any atom is 0.314 e. The number of benzene rings is 1. The van der Waals surface area contributed by atoms with E-state index in [9.17, 15) is 18.4 Å². The van der Waals surface area contributed by atoms with Crippen LogP contribution < -0.4 is 0 Å². The summed E-state index contributed by atoms with van der Waals surface area (Å²) in [4.78, 5) is 27.6. The van der Waals surface area contributed by atoms with Crippen LogP contribution in [-0.4, -0.2) is 46.7 Å². The van der Waals surface area contributed by atoms with Gasteiger partial charge in [-0.05, 0) is 56.7 Å². The van der Waals surface area contributed by atoms with E-state index in [1.54, 1.807) is 17.9 Å². The van der Waals surface area contributed by atoms with Crippen molar-refractivity contribution >= 4 is 11.9 Å². The van der Waals surface area contributed by atoms with Crippen LogP contribution in [0.5, 0.6) is 0 Å². The Kier molecular flexibility index (Phi) is 5.58. The maximum atomic E-state index is 14.3. The molecule has 1 aliphatic heterocycles. The van der Waals surface area contributed by atoms with Crippen molar-refractivity contribution in [2.24, 2.45) is 5.41 Å². The number of esters is 1. The minimum atomic E-state index is -1.09. The number of nitrogens with one attached hydrogen (secondary N) is 1. The zero-order valence-corrected chi connectivity index (χ0v) is 16.9. The van der Waals surface area contributed by atoms with Crippen LogP contribution in [-0.2, 0) is 16.0 Å². The summed E-state index contributed by atoms with van der Waals surface area (Å²) in [6.45, 7) is 2.48. The molecule has 8 heteroatoms. The van der Waals surface area contributed by atoms with Gasteiger partial charge in [-0.25, -0.2) is 8.78 Å². The molecule has 2 aromatic rings. The molecule has 1 N–H and O–H groups in total. The number of carbonyl (C=O) groups excluding carboxylic acids is 2. The highest BCUT2D eigenvalue weighted by molar-refractivity contribution is 5.93. The van der Waals surface area contributed by atoms with Crippen molar-refractivity contribution in [3.8, 4) is 0 Å². The Bertz CT molecular complexity index is 957. The Hall–Kier alpha value is -2.77. The minimum absolute atomic E-state index is 0.0373. The summed E-state index contributed by atoms with van der Waals surface area (Å²) in [6, 6.07) is 5.11. The van der Waals surface area contributed by atoms with Crippen molar-refractivity contribution in [2.75, 3.05) is 19.7 Å². The number of aromatic nitrogens is 2. The van der Waals surface area contributed by atoms with E-state index >= 15 is 0 Å². The first kappa shape index (κ1) is 20.5. The van der Waals surface area contributed by atoms with Crippen molar-refractivity contribution in [3.63, 3.8) is 0 Å². The van der Waals surface area contributed by atoms with Gasteiger partial charge in [-0.2, -0.15) is 5.10 Å². The monoisotopic (exact) mass is 417 g/mol. The lowest BCUT2D eigenvalue weighted by atomic mass is 9.74. The third-order valence-corrected chi connectivity index (χ3v) is 5.95. The van der Waals surface area contributed by atoms with Crippen LogP contribution in [0.4, 0.5) is 8.78 Å². The van der Waals surface area contributed by atoms with Crippen molar-refractivity contribution in [3.05, 3.63) is 52.9 Å². The predicted molar refractivity (Wildman–Crippen MR) is 105 cm³/mol. The lowest BCUT2D eigenvalue weighted by Crippen LogP contribution is -2.51. The molecule has 4 rings (SSSR count). The molecule has 0 spiro atoms. The minimum Gasteiger partial charge on any atom is -0.466 e. The molecule has 1 aromatic carbocycles. The molecule has 1 saturated carbocycles. The van der Waals surface area contributed by atoms with Crippen LogP contribution in [0.2, 0.25) is 0 Å². The smallest absolute Gasteiger partial charge is 0.314 e. The van der Waals surface area contributed by atoms with E-state index in [4.69, 9.17) is 4.74 Å². The largest absolute Gasteiger partial charge is 0.466 e. The summed E-state index contributed by atoms with van der Waals surface area (Å²) in [5, 5.41) is 7.09. The number of likely N-dealkylation sites (tertiary alicyclic amines) is 1. The second-order valence-corrected chi connectivity index (χ2v) is 8.23. The number of carbonyl (C=O) groups is 2. The summed E-state index contributed by atoms with van der Waals surface area (Å²) in [7, 11) is 0. The van der Waals surface area contributed by atoms with E-state index in [2.05, 4.69) is 10.2 Å². The molecule has 2 aliphatic rings. The number of H-pyrrole nitrogens is 1. The van der Waals surface area contributed by atoms with Gasteiger partial charge in [0.25, 0.3) is 5.91 Å². The predicted octanol–water partition coefficient (Wildman–Crippen LogP) is 3.59. The number of ether oxygens (including phenoxy) is 1. The lowest BCUT2D eigenvalue weighted by molar-refractivity contribution is -0.158. The molecule has 1 aliphatic carbocycles. The van der Waals surface area contributed by atoms with Crippen molar-refractivity contribution in [2.45, 2.75) is 44.9 Å². The number of aromatic amines is 1. The Balaban J connectivity index is 1.58. The summed E-state index contributed by atoms with van der Waals surface area (Å²) in [5.41, 5.74) is 0.428. The Labute approximate surface area is 173 Å². The van der Waals surface area contributed by atoms with E-state index in [-0.39, 0.29) is 31.0 Å². The fourth-order valence-electron chi connectivity index (χ4n) is 4.21. The molecule has 1 unspecified atom stereocenters. The Morgan fingerprint density at radius 1 is 1.30 bits per heavy atom. The summed E-state index contributed by atoms with van der Waals surface area (Å²) in [5.74, 6) is -1.66. The van der Waals surface area contributed by atoms with Gasteiger partial charge in [0.15, 0.2) is 0 Å². The van der Waals surface area contributed by atoms with E-state index in [0.29, 0.717) is 31.0 Å². The van der Waals surface area contributed by atoms with Gasteiger partial charge in [-0.3, -0.25) is 14.7 Å². The van der Waals surface area contributed by atoms with E-state index in [0.717, 1.165) is 24.6 Å². The maximum absolute atomic E-state index is 14.3. The molecule has 30 heavy (non-hydrogen) atoms. The van der Waals surface area contributed by atoms with Crippen molar-refractivity contribution in [1.82, 2.24) is 15.1 Å². The van der Waals surface area contributed by atoms with Gasteiger partial charge >= 0.3 is 5.97 Å². The first-order valence-corrected chi connectivity index (χ1v) is 10.4. The highest BCUT2D eigenvalue weighted by Crippen LogP contribution is 2.40. The molecular formula is C22H25F2N3O3. The molecule has 1 aromatic heterocycles. The third-order valence-electron chi connectivity index (χ3n) is 5.95. The number of piperidine rings is 1. The van der Waals surface area contributed by atoms with Crippen LogP contribution >= 0.6 is 0 Å². The van der Waals surface area contributed by atoms with Crippen LogP contribution in [0.1, 0.15) is 60.3 Å². The molecule has 6 nitrogen and oxygen atoms in total. The van der Waals surface area contributed by atoms with Crippen LogP contribution in [0.3, 0.4) is 0 Å². The summed E-state index contributed by atoms with van der Waals surface area (Å²) < 4.78 is 33.0. The lowest BCUT2D eigenvalue weighted by Gasteiger charge is -2.41. The quantitative estimate of drug-likeness (QED) is 0.729. The molecule has 1 amide bonds. The number of hydrogen-bond donors (Lipinski definition) is 1. The summed E-state index contributed by atoms with van der Waals surface area (Å²) in [6.07, 6.45) is 3.26. The van der Waals surface area contributed by atoms with Crippen LogP contribution in [0, 0.1) is 17.0 Å². The van der Waals surface area contributed by atoms with Crippen LogP contribution in [0.15, 0.2) is 24.3 Å². The number of halogens is 2. The number of nitrogens with zero attached hydrogens (tertiary/aromatic N) is 2. The first-order chi connectivity index (χ1) is 14.4. The number of hydrogen-bond acceptors (Lipinski definition) is 4. The fraction of sp³-hybridized carbons (Fsp3) is 0.500. The summed E-state index contributed by atoms with van der Waals surface area (Å²) >= 11 is 0. The van der Waals surface area contributed by atoms with Gasteiger partial charge in [0.1, 0.15) is 17.3 Å². The molecular weight excluding hydrogens is 392 g/mol. The molecule has 2 fully saturated rings. The second kappa shape index (κ2) is 8.16. The van der Waals surface area contributed by atoms with E-state index in [1.165, 1.54) is 12.1 Å². The molecule has 1 atom stereocenters. The van der Waals surface area contributed by atoms with Gasteiger partial charge in [0.05, 0.1) is 12.0 Å². The third kappa shape index (κ3) is 4.08. The average Bonchev–Trinajstić information content (AvgIpc) is 3.47. The van der Waals surface area contributed by atoms with Crippen molar-refractivity contribution in [1.29, 1.82) is 0 Å².